The number of benzene rings is 2. The summed E-state index contributed by atoms with van der Waals surface area (Å²) in [5.41, 5.74) is 0. The van der Waals surface area contributed by atoms with Crippen LogP contribution in [0.1, 0.15) is 0 Å². The zero-order valence-corrected chi connectivity index (χ0v) is 14.5. The van der Waals surface area contributed by atoms with E-state index in [1.165, 1.54) is 24.3 Å². The smallest absolute Gasteiger partial charge is 0.413 e. The van der Waals surface area contributed by atoms with Crippen molar-refractivity contribution in [2.24, 2.45) is 13.5 Å². The summed E-state index contributed by atoms with van der Waals surface area (Å²) in [6, 6.07) is 15.2. The third-order valence-corrected chi connectivity index (χ3v) is 8.74. The maximum absolute atomic E-state index is 13.7. The van der Waals surface area contributed by atoms with Crippen molar-refractivity contribution in [1.82, 2.24) is 0 Å². The molecule has 1 aliphatic rings. The fraction of sp³-hybridized carbons (Fsp3) is 0. The minimum absolute atomic E-state index is 0.0520. The third kappa shape index (κ3) is 4.29. The first-order valence-electron chi connectivity index (χ1n) is 6.47. The van der Waals surface area contributed by atoms with Crippen LogP contribution in [0.4, 0.5) is 16.8 Å². The lowest BCUT2D eigenvalue weighted by molar-refractivity contribution is 0.475. The summed E-state index contributed by atoms with van der Waals surface area (Å²) in [5.74, 6) is 0.104. The zero-order valence-electron chi connectivity index (χ0n) is 11.8. The predicted molar refractivity (Wildman–Crippen MR) is 86.6 cm³/mol. The Morgan fingerprint density at radius 2 is 1.00 bits per heavy atom. The van der Waals surface area contributed by atoms with Crippen LogP contribution in [0, 0.1) is 0 Å². The molecule has 0 aliphatic carbocycles. The highest BCUT2D eigenvalue weighted by atomic mass is 31.3. The summed E-state index contributed by atoms with van der Waals surface area (Å²) in [5, 5.41) is 0. The molecule has 0 spiro atoms. The molecular weight excluding hydrogens is 387 g/mol. The van der Waals surface area contributed by atoms with Crippen molar-refractivity contribution in [2.45, 2.75) is 0 Å². The molecule has 0 saturated carbocycles. The summed E-state index contributed by atoms with van der Waals surface area (Å²) in [7, 11) is -15.5. The second-order valence-electron chi connectivity index (χ2n) is 4.48. The summed E-state index contributed by atoms with van der Waals surface area (Å²) >= 11 is 0. The summed E-state index contributed by atoms with van der Waals surface area (Å²) in [6.45, 7) is 0. The second kappa shape index (κ2) is 6.40. The van der Waals surface area contributed by atoms with E-state index in [9.17, 15) is 16.8 Å². The van der Waals surface area contributed by atoms with Crippen molar-refractivity contribution in [3.63, 3.8) is 0 Å². The fourth-order valence-electron chi connectivity index (χ4n) is 1.78. The second-order valence-corrected chi connectivity index (χ2v) is 9.79. The monoisotopic (exact) mass is 397 g/mol. The molecule has 0 N–H and O–H groups in total. The molecule has 2 aromatic rings. The molecule has 12 heteroatoms. The summed E-state index contributed by atoms with van der Waals surface area (Å²) < 4.78 is 74.0. The fourth-order valence-corrected chi connectivity index (χ4v) is 7.81. The number of para-hydroxylation sites is 2. The van der Waals surface area contributed by atoms with Crippen LogP contribution in [0.5, 0.6) is 11.5 Å². The Morgan fingerprint density at radius 1 is 0.583 bits per heavy atom. The molecular formula is C12H10F4N3O2P3. The molecule has 0 aromatic heterocycles. The topological polar surface area (TPSA) is 55.5 Å². The highest BCUT2D eigenvalue weighted by Gasteiger charge is 2.43. The molecule has 3 rings (SSSR count). The van der Waals surface area contributed by atoms with Crippen molar-refractivity contribution >= 4 is 23.3 Å². The predicted octanol–water partition coefficient (Wildman–Crippen LogP) is 7.87. The van der Waals surface area contributed by atoms with Gasteiger partial charge in [-0.15, -0.1) is 30.3 Å². The van der Waals surface area contributed by atoms with Crippen molar-refractivity contribution < 1.29 is 25.8 Å². The number of nitrogens with zero attached hydrogens (tertiary/aromatic N) is 3. The number of rotatable bonds is 4. The van der Waals surface area contributed by atoms with Gasteiger partial charge in [-0.1, -0.05) is 36.4 Å². The van der Waals surface area contributed by atoms with E-state index < -0.39 is 23.3 Å². The van der Waals surface area contributed by atoms with Crippen LogP contribution in [-0.4, -0.2) is 0 Å². The maximum Gasteiger partial charge on any atom is 0.458 e. The van der Waals surface area contributed by atoms with Crippen molar-refractivity contribution in [1.29, 1.82) is 0 Å². The highest BCUT2D eigenvalue weighted by Crippen LogP contribution is 2.80. The Kier molecular flexibility index (Phi) is 4.60. The van der Waals surface area contributed by atoms with Crippen LogP contribution in [0.25, 0.3) is 0 Å². The van der Waals surface area contributed by atoms with Gasteiger partial charge in [-0.25, -0.2) is 0 Å². The standard InChI is InChI=1S/C12H10F4N3O2P3/c13-22(14)17-23(15,16)19-24(18-22,20-11-7-3-1-4-8-11)21-12-9-5-2-6-10-12/h1-10H. The van der Waals surface area contributed by atoms with Crippen LogP contribution in [0.3, 0.4) is 0 Å². The lowest BCUT2D eigenvalue weighted by atomic mass is 10.3. The van der Waals surface area contributed by atoms with E-state index >= 15 is 0 Å². The molecule has 128 valence electrons. The maximum atomic E-state index is 13.7. The van der Waals surface area contributed by atoms with Gasteiger partial charge < -0.3 is 9.05 Å². The first kappa shape index (κ1) is 17.3. The van der Waals surface area contributed by atoms with Gasteiger partial charge in [0, 0.05) is 0 Å². The Bertz CT molecular complexity index is 843. The zero-order chi connectivity index (χ0) is 17.3. The van der Waals surface area contributed by atoms with E-state index in [0.29, 0.717) is 0 Å². The van der Waals surface area contributed by atoms with E-state index in [4.69, 9.17) is 9.05 Å². The van der Waals surface area contributed by atoms with Gasteiger partial charge in [0.1, 0.15) is 11.5 Å². The number of hydrogen-bond acceptors (Lipinski definition) is 5. The lowest BCUT2D eigenvalue weighted by Crippen LogP contribution is -2.00. The van der Waals surface area contributed by atoms with Crippen molar-refractivity contribution in [3.05, 3.63) is 60.7 Å². The minimum Gasteiger partial charge on any atom is -0.413 e. The molecule has 2 aromatic carbocycles. The third-order valence-electron chi connectivity index (χ3n) is 2.59. The minimum atomic E-state index is -5.60. The van der Waals surface area contributed by atoms with Gasteiger partial charge in [0.15, 0.2) is 0 Å². The van der Waals surface area contributed by atoms with Crippen molar-refractivity contribution in [2.75, 3.05) is 0 Å². The van der Waals surface area contributed by atoms with Gasteiger partial charge in [0.25, 0.3) is 0 Å². The first-order valence-corrected chi connectivity index (χ1v) is 11.0. The average molecular weight is 397 g/mol. The summed E-state index contributed by atoms with van der Waals surface area (Å²) in [4.78, 5) is 0. The quantitative estimate of drug-likeness (QED) is 0.389. The largest absolute Gasteiger partial charge is 0.458 e. The van der Waals surface area contributed by atoms with Gasteiger partial charge in [-0.05, 0) is 24.3 Å². The molecule has 24 heavy (non-hydrogen) atoms. The molecule has 0 unspecified atom stereocenters. The van der Waals surface area contributed by atoms with Crippen LogP contribution < -0.4 is 9.05 Å². The van der Waals surface area contributed by atoms with Gasteiger partial charge in [-0.3, -0.25) is 0 Å². The Labute approximate surface area is 135 Å². The molecule has 0 radical (unpaired) electrons. The van der Waals surface area contributed by atoms with E-state index in [1.807, 2.05) is 0 Å². The van der Waals surface area contributed by atoms with Gasteiger partial charge >= 0.3 is 23.3 Å². The Morgan fingerprint density at radius 3 is 1.42 bits per heavy atom. The molecule has 1 heterocycles. The first-order chi connectivity index (χ1) is 11.3. The van der Waals surface area contributed by atoms with Crippen molar-refractivity contribution in [3.8, 4) is 11.5 Å². The molecule has 0 atom stereocenters. The number of halogens is 4. The Balaban J connectivity index is 2.14. The molecule has 0 saturated heterocycles. The molecule has 1 aliphatic heterocycles. The van der Waals surface area contributed by atoms with E-state index in [0.717, 1.165) is 0 Å². The lowest BCUT2D eigenvalue weighted by Gasteiger charge is -2.24. The van der Waals surface area contributed by atoms with E-state index in [-0.39, 0.29) is 11.5 Å². The average Bonchev–Trinajstić information content (AvgIpc) is 2.45. The van der Waals surface area contributed by atoms with Gasteiger partial charge in [-0.2, -0.15) is 0 Å². The van der Waals surface area contributed by atoms with Crippen LogP contribution in [0.2, 0.25) is 0 Å². The van der Waals surface area contributed by atoms with Crippen LogP contribution in [-0.2, 0) is 0 Å². The number of hydrogen-bond donors (Lipinski definition) is 0. The van der Waals surface area contributed by atoms with Crippen LogP contribution >= 0.6 is 23.3 Å². The van der Waals surface area contributed by atoms with Gasteiger partial charge in [0.05, 0.1) is 0 Å². The molecule has 0 fully saturated rings. The highest BCUT2D eigenvalue weighted by molar-refractivity contribution is 7.78. The molecule has 0 amide bonds. The molecule has 0 bridgehead atoms. The normalized spacial score (nSPS) is 20.0. The Hall–Kier alpha value is -1.55. The molecule has 5 nitrogen and oxygen atoms in total. The van der Waals surface area contributed by atoms with Crippen LogP contribution in [0.15, 0.2) is 74.2 Å². The van der Waals surface area contributed by atoms with E-state index in [1.54, 1.807) is 36.4 Å². The van der Waals surface area contributed by atoms with Gasteiger partial charge in [0.2, 0.25) is 0 Å². The van der Waals surface area contributed by atoms with E-state index in [2.05, 4.69) is 13.5 Å². The summed E-state index contributed by atoms with van der Waals surface area (Å²) in [6.07, 6.45) is 0. The SMILES string of the molecule is FP1(F)=NP(F)(F)=NP(Oc2ccccc2)(Oc2ccccc2)=N1.